The molecule has 0 aliphatic carbocycles. The third-order valence-corrected chi connectivity index (χ3v) is 6.09. The van der Waals surface area contributed by atoms with E-state index in [2.05, 4.69) is 0 Å². The fraction of sp³-hybridized carbons (Fsp3) is 1.00. The topological polar surface area (TPSA) is 27.7 Å². The van der Waals surface area contributed by atoms with Crippen LogP contribution in [0.15, 0.2) is 0 Å². The second-order valence-corrected chi connectivity index (χ2v) is 6.16. The molecule has 0 aliphatic heterocycles. The number of hydrogen-bond acceptors (Lipinski definition) is 3. The molecule has 64 valence electrons. The van der Waals surface area contributed by atoms with E-state index in [0.29, 0.717) is 19.8 Å². The second-order valence-electron chi connectivity index (χ2n) is 1.65. The standard InChI is InChI=1S/3C2H5O.In.Sn/c3*1-2-3;;/h3*2H2,1H3;;/q3*-1;+3;. The maximum atomic E-state index is 5.29. The van der Waals surface area contributed by atoms with Gasteiger partial charge in [0.2, 0.25) is 0 Å². The third-order valence-electron chi connectivity index (χ3n) is 0.908. The average Bonchev–Trinajstić information content (AvgIpc) is 1.90. The van der Waals surface area contributed by atoms with Gasteiger partial charge in [-0.2, -0.15) is 0 Å². The molecule has 0 aromatic rings. The molecule has 0 rings (SSSR count). The predicted octanol–water partition coefficient (Wildman–Crippen LogP) is 0.700. The zero-order valence-corrected chi connectivity index (χ0v) is 13.6. The van der Waals surface area contributed by atoms with E-state index in [0.717, 1.165) is 0 Å². The molecule has 0 atom stereocenters. The molecular formula is C6H15InO3Sn. The van der Waals surface area contributed by atoms with Crippen LogP contribution in [0.25, 0.3) is 0 Å². The van der Waals surface area contributed by atoms with Gasteiger partial charge in [-0.05, 0) is 0 Å². The van der Waals surface area contributed by atoms with Crippen molar-refractivity contribution >= 4 is 46.7 Å². The van der Waals surface area contributed by atoms with Crippen molar-refractivity contribution in [2.24, 2.45) is 0 Å². The molecule has 0 heterocycles. The monoisotopic (exact) mass is 370 g/mol. The summed E-state index contributed by atoms with van der Waals surface area (Å²) in [5.74, 6) is 0. The summed E-state index contributed by atoms with van der Waals surface area (Å²) < 4.78 is 15.9. The van der Waals surface area contributed by atoms with Gasteiger partial charge in [0.05, 0.1) is 0 Å². The van der Waals surface area contributed by atoms with Crippen LogP contribution in [0.5, 0.6) is 0 Å². The van der Waals surface area contributed by atoms with E-state index in [1.54, 1.807) is 0 Å². The van der Waals surface area contributed by atoms with Crippen LogP contribution in [-0.2, 0) is 8.56 Å². The minimum absolute atomic E-state index is 0. The first-order valence-corrected chi connectivity index (χ1v) is 7.73. The Morgan fingerprint density at radius 1 is 0.818 bits per heavy atom. The van der Waals surface area contributed by atoms with Crippen LogP contribution in [0.1, 0.15) is 20.8 Å². The Kier molecular flexibility index (Phi) is 15.8. The molecule has 3 nitrogen and oxygen atoms in total. The van der Waals surface area contributed by atoms with Crippen molar-refractivity contribution in [3.05, 3.63) is 0 Å². The summed E-state index contributed by atoms with van der Waals surface area (Å²) in [6, 6.07) is 0. The maximum Gasteiger partial charge on any atom is 0 e. The fourth-order valence-corrected chi connectivity index (χ4v) is 3.71. The zero-order valence-electron chi connectivity index (χ0n) is 7.42. The molecule has 0 saturated heterocycles. The molecule has 11 heavy (non-hydrogen) atoms. The van der Waals surface area contributed by atoms with Crippen LogP contribution in [0.3, 0.4) is 0 Å². The Morgan fingerprint density at radius 3 is 1.27 bits per heavy atom. The van der Waals surface area contributed by atoms with Crippen molar-refractivity contribution in [1.82, 2.24) is 0 Å². The Labute approximate surface area is 95.1 Å². The summed E-state index contributed by atoms with van der Waals surface area (Å²) in [5, 5.41) is 0. The molecule has 0 saturated carbocycles. The van der Waals surface area contributed by atoms with Crippen molar-refractivity contribution in [3.8, 4) is 0 Å². The van der Waals surface area contributed by atoms with Gasteiger partial charge in [-0.3, -0.25) is 0 Å². The van der Waals surface area contributed by atoms with Crippen LogP contribution in [0.2, 0.25) is 0 Å². The van der Waals surface area contributed by atoms with Gasteiger partial charge in [0.1, 0.15) is 0 Å². The number of hydrogen-bond donors (Lipinski definition) is 0. The van der Waals surface area contributed by atoms with Crippen molar-refractivity contribution in [2.75, 3.05) is 19.8 Å². The van der Waals surface area contributed by atoms with E-state index >= 15 is 0 Å². The van der Waals surface area contributed by atoms with Gasteiger partial charge < -0.3 is 0 Å². The fourth-order valence-electron chi connectivity index (χ4n) is 0.553. The van der Waals surface area contributed by atoms with E-state index < -0.39 is 22.7 Å². The number of rotatable bonds is 6. The SMILES string of the molecule is CC[O][In]([O]CC)[O]CC.[Sn]. The molecule has 0 aromatic heterocycles. The van der Waals surface area contributed by atoms with E-state index in [4.69, 9.17) is 8.56 Å². The van der Waals surface area contributed by atoms with Gasteiger partial charge in [-0.1, -0.05) is 0 Å². The van der Waals surface area contributed by atoms with Crippen molar-refractivity contribution < 1.29 is 8.56 Å². The van der Waals surface area contributed by atoms with E-state index in [9.17, 15) is 0 Å². The summed E-state index contributed by atoms with van der Waals surface area (Å²) in [7, 11) is 0. The van der Waals surface area contributed by atoms with Crippen LogP contribution < -0.4 is 0 Å². The summed E-state index contributed by atoms with van der Waals surface area (Å²) >= 11 is -2.38. The molecule has 0 aliphatic rings. The predicted molar refractivity (Wildman–Crippen MR) is 46.4 cm³/mol. The van der Waals surface area contributed by atoms with Crippen LogP contribution in [0.4, 0.5) is 0 Å². The Hall–Kier alpha value is 1.55. The quantitative estimate of drug-likeness (QED) is 0.646. The smallest absolute Gasteiger partial charge is 0 e. The maximum absolute atomic E-state index is 5.29. The molecule has 0 N–H and O–H groups in total. The second kappa shape index (κ2) is 11.5. The largest absolute Gasteiger partial charge is 0 e. The molecule has 0 spiro atoms. The first-order valence-electron chi connectivity index (χ1n) is 3.69. The Balaban J connectivity index is 0. The van der Waals surface area contributed by atoms with Gasteiger partial charge in [0.25, 0.3) is 0 Å². The molecule has 0 unspecified atom stereocenters. The van der Waals surface area contributed by atoms with E-state index in [-0.39, 0.29) is 23.9 Å². The molecule has 0 bridgehead atoms. The Bertz CT molecular complexity index is 60.6. The summed E-state index contributed by atoms with van der Waals surface area (Å²) in [5.41, 5.74) is 0. The van der Waals surface area contributed by atoms with Gasteiger partial charge in [0, 0.05) is 23.9 Å². The van der Waals surface area contributed by atoms with E-state index in [1.807, 2.05) is 20.8 Å². The minimum atomic E-state index is -2.38. The summed E-state index contributed by atoms with van der Waals surface area (Å²) in [6.07, 6.45) is 0. The molecule has 0 amide bonds. The van der Waals surface area contributed by atoms with Crippen molar-refractivity contribution in [3.63, 3.8) is 0 Å². The minimum Gasteiger partial charge on any atom is 0 e. The summed E-state index contributed by atoms with van der Waals surface area (Å²) in [6.45, 7) is 8.01. The van der Waals surface area contributed by atoms with E-state index in [1.165, 1.54) is 0 Å². The van der Waals surface area contributed by atoms with Gasteiger partial charge in [-0.25, -0.2) is 0 Å². The van der Waals surface area contributed by atoms with Crippen molar-refractivity contribution in [2.45, 2.75) is 20.8 Å². The molecular weight excluding hydrogens is 354 g/mol. The van der Waals surface area contributed by atoms with Crippen LogP contribution in [-0.4, -0.2) is 66.5 Å². The zero-order chi connectivity index (χ0) is 7.82. The molecule has 0 aromatic carbocycles. The molecule has 0 fully saturated rings. The molecule has 4 radical (unpaired) electrons. The third kappa shape index (κ3) is 9.46. The first kappa shape index (κ1) is 15.0. The molecule has 5 heteroatoms. The van der Waals surface area contributed by atoms with Crippen LogP contribution >= 0.6 is 0 Å². The average molecular weight is 369 g/mol. The van der Waals surface area contributed by atoms with Crippen molar-refractivity contribution in [1.29, 1.82) is 0 Å². The normalized spacial score (nSPS) is 9.00. The summed E-state index contributed by atoms with van der Waals surface area (Å²) in [4.78, 5) is 0. The Morgan fingerprint density at radius 2 is 1.09 bits per heavy atom. The van der Waals surface area contributed by atoms with Crippen LogP contribution in [0, 0.1) is 0 Å². The van der Waals surface area contributed by atoms with Gasteiger partial charge in [0.15, 0.2) is 0 Å². The van der Waals surface area contributed by atoms with Gasteiger partial charge in [-0.15, -0.1) is 0 Å². The first-order chi connectivity index (χ1) is 4.85. The van der Waals surface area contributed by atoms with Gasteiger partial charge >= 0.3 is 71.9 Å².